The summed E-state index contributed by atoms with van der Waals surface area (Å²) in [6.07, 6.45) is 1.22. The van der Waals surface area contributed by atoms with Crippen LogP contribution in [0.4, 0.5) is 0 Å². The lowest BCUT2D eigenvalue weighted by molar-refractivity contribution is -0.141. The highest BCUT2D eigenvalue weighted by atomic mass is 32.2. The lowest BCUT2D eigenvalue weighted by Crippen LogP contribution is -2.50. The lowest BCUT2D eigenvalue weighted by atomic mass is 10.0. The number of benzene rings is 3. The Morgan fingerprint density at radius 3 is 2.15 bits per heavy atom. The average Bonchev–Trinajstić information content (AvgIpc) is 3.15. The molecule has 0 bridgehead atoms. The standard InChI is InChI=1S/C30H33N3O5S/c1-2-19-31-29(35)26(21-23-12-5-3-6-13-23)32(22-24-14-7-4-8-15-24)28(34)18-11-20-33-30(36)25-16-9-10-17-27(25)39(33,37)38/h3-10,12-17,26H,2,11,18-22H2,1H3,(H,31,35)/t26-/m0/s1. The number of sulfonamides is 1. The van der Waals surface area contributed by atoms with Crippen molar-refractivity contribution in [2.24, 2.45) is 0 Å². The topological polar surface area (TPSA) is 104 Å². The summed E-state index contributed by atoms with van der Waals surface area (Å²) in [6, 6.07) is 24.3. The van der Waals surface area contributed by atoms with Crippen molar-refractivity contribution in [1.29, 1.82) is 0 Å². The molecule has 1 atom stereocenters. The SMILES string of the molecule is CCCNC(=O)[C@H](Cc1ccccc1)N(Cc1ccccc1)C(=O)CCCN1C(=O)c2ccccc2S1(=O)=O. The van der Waals surface area contributed by atoms with E-state index in [1.807, 2.05) is 67.6 Å². The summed E-state index contributed by atoms with van der Waals surface area (Å²) in [7, 11) is -3.95. The van der Waals surface area contributed by atoms with Gasteiger partial charge in [-0.05, 0) is 36.1 Å². The van der Waals surface area contributed by atoms with Crippen LogP contribution in [0.2, 0.25) is 0 Å². The number of rotatable bonds is 12. The largest absolute Gasteiger partial charge is 0.354 e. The molecule has 0 aliphatic carbocycles. The molecule has 1 aliphatic heterocycles. The third-order valence-electron chi connectivity index (χ3n) is 6.68. The molecule has 0 radical (unpaired) electrons. The summed E-state index contributed by atoms with van der Waals surface area (Å²) in [5.74, 6) is -1.11. The summed E-state index contributed by atoms with van der Waals surface area (Å²) in [6.45, 7) is 2.56. The van der Waals surface area contributed by atoms with Gasteiger partial charge < -0.3 is 10.2 Å². The molecule has 204 valence electrons. The van der Waals surface area contributed by atoms with Crippen LogP contribution in [0.15, 0.2) is 89.8 Å². The van der Waals surface area contributed by atoms with Gasteiger partial charge in [0.05, 0.1) is 5.56 Å². The molecule has 0 spiro atoms. The predicted molar refractivity (Wildman–Crippen MR) is 148 cm³/mol. The van der Waals surface area contributed by atoms with Gasteiger partial charge in [0.2, 0.25) is 11.8 Å². The molecular weight excluding hydrogens is 514 g/mol. The van der Waals surface area contributed by atoms with E-state index in [-0.39, 0.29) is 48.2 Å². The van der Waals surface area contributed by atoms with E-state index in [1.165, 1.54) is 12.1 Å². The maximum Gasteiger partial charge on any atom is 0.269 e. The van der Waals surface area contributed by atoms with Crippen LogP contribution in [0.1, 0.15) is 47.7 Å². The molecule has 4 rings (SSSR count). The second-order valence-electron chi connectivity index (χ2n) is 9.49. The quantitative estimate of drug-likeness (QED) is 0.372. The highest BCUT2D eigenvalue weighted by Crippen LogP contribution is 2.30. The maximum atomic E-state index is 13.7. The van der Waals surface area contributed by atoms with E-state index >= 15 is 0 Å². The Hall–Kier alpha value is -3.98. The van der Waals surface area contributed by atoms with E-state index in [0.717, 1.165) is 21.9 Å². The van der Waals surface area contributed by atoms with Crippen LogP contribution in [0.5, 0.6) is 0 Å². The van der Waals surface area contributed by atoms with Gasteiger partial charge in [-0.3, -0.25) is 14.4 Å². The fourth-order valence-corrected chi connectivity index (χ4v) is 6.28. The third-order valence-corrected chi connectivity index (χ3v) is 8.52. The van der Waals surface area contributed by atoms with Crippen LogP contribution in [-0.4, -0.2) is 54.5 Å². The molecule has 0 unspecified atom stereocenters. The molecular formula is C30H33N3O5S. The molecule has 0 saturated carbocycles. The minimum absolute atomic E-state index is 0.0115. The van der Waals surface area contributed by atoms with Gasteiger partial charge >= 0.3 is 0 Å². The molecule has 3 aromatic rings. The van der Waals surface area contributed by atoms with Gasteiger partial charge in [0.25, 0.3) is 15.9 Å². The molecule has 8 nitrogen and oxygen atoms in total. The maximum absolute atomic E-state index is 13.7. The first kappa shape index (κ1) is 28.0. The lowest BCUT2D eigenvalue weighted by Gasteiger charge is -2.32. The van der Waals surface area contributed by atoms with E-state index in [9.17, 15) is 22.8 Å². The van der Waals surface area contributed by atoms with Gasteiger partial charge in [0.1, 0.15) is 10.9 Å². The Balaban J connectivity index is 1.54. The van der Waals surface area contributed by atoms with E-state index in [2.05, 4.69) is 5.32 Å². The molecule has 0 saturated heterocycles. The van der Waals surface area contributed by atoms with E-state index in [1.54, 1.807) is 17.0 Å². The fraction of sp³-hybridized carbons (Fsp3) is 0.300. The smallest absolute Gasteiger partial charge is 0.269 e. The fourth-order valence-electron chi connectivity index (χ4n) is 4.67. The van der Waals surface area contributed by atoms with Crippen molar-refractivity contribution < 1.29 is 22.8 Å². The molecule has 3 amide bonds. The van der Waals surface area contributed by atoms with E-state index in [4.69, 9.17) is 0 Å². The summed E-state index contributed by atoms with van der Waals surface area (Å²) in [4.78, 5) is 41.4. The third kappa shape index (κ3) is 6.54. The molecule has 3 aromatic carbocycles. The highest BCUT2D eigenvalue weighted by Gasteiger charge is 2.40. The van der Waals surface area contributed by atoms with Crippen molar-refractivity contribution in [3.8, 4) is 0 Å². The minimum Gasteiger partial charge on any atom is -0.354 e. The molecule has 1 heterocycles. The van der Waals surface area contributed by atoms with Gasteiger partial charge in [0.15, 0.2) is 0 Å². The molecule has 0 fully saturated rings. The second kappa shape index (κ2) is 12.7. The Labute approximate surface area is 229 Å². The number of hydrogen-bond donors (Lipinski definition) is 1. The summed E-state index contributed by atoms with van der Waals surface area (Å²) < 4.78 is 26.6. The number of nitrogens with one attached hydrogen (secondary N) is 1. The van der Waals surface area contributed by atoms with Crippen molar-refractivity contribution in [2.45, 2.75) is 50.1 Å². The summed E-state index contributed by atoms with van der Waals surface area (Å²) in [5.41, 5.74) is 1.94. The zero-order valence-electron chi connectivity index (χ0n) is 22.0. The Morgan fingerprint density at radius 2 is 1.51 bits per heavy atom. The zero-order chi connectivity index (χ0) is 27.8. The monoisotopic (exact) mass is 547 g/mol. The number of carbonyl (C=O) groups is 3. The van der Waals surface area contributed by atoms with E-state index in [0.29, 0.717) is 13.0 Å². The van der Waals surface area contributed by atoms with Gasteiger partial charge in [0, 0.05) is 32.5 Å². The Morgan fingerprint density at radius 1 is 0.897 bits per heavy atom. The molecule has 9 heteroatoms. The number of fused-ring (bicyclic) bond motifs is 1. The van der Waals surface area contributed by atoms with Crippen molar-refractivity contribution in [3.63, 3.8) is 0 Å². The highest BCUT2D eigenvalue weighted by molar-refractivity contribution is 7.90. The van der Waals surface area contributed by atoms with Crippen LogP contribution < -0.4 is 5.32 Å². The van der Waals surface area contributed by atoms with Gasteiger partial charge in [-0.15, -0.1) is 0 Å². The van der Waals surface area contributed by atoms with Crippen LogP contribution >= 0.6 is 0 Å². The number of nitrogens with zero attached hydrogens (tertiary/aromatic N) is 2. The van der Waals surface area contributed by atoms with Crippen molar-refractivity contribution in [1.82, 2.24) is 14.5 Å². The van der Waals surface area contributed by atoms with Crippen LogP contribution in [-0.2, 0) is 32.6 Å². The summed E-state index contributed by atoms with van der Waals surface area (Å²) >= 11 is 0. The minimum atomic E-state index is -3.95. The van der Waals surface area contributed by atoms with Gasteiger partial charge in [-0.25, -0.2) is 12.7 Å². The first-order valence-electron chi connectivity index (χ1n) is 13.1. The predicted octanol–water partition coefficient (Wildman–Crippen LogP) is 3.78. The number of amides is 3. The molecule has 1 aliphatic rings. The normalized spacial score (nSPS) is 14.5. The first-order chi connectivity index (χ1) is 18.8. The molecule has 1 N–H and O–H groups in total. The molecule has 39 heavy (non-hydrogen) atoms. The van der Waals surface area contributed by atoms with E-state index < -0.39 is 22.0 Å². The van der Waals surface area contributed by atoms with Crippen LogP contribution in [0.3, 0.4) is 0 Å². The average molecular weight is 548 g/mol. The first-order valence-corrected chi connectivity index (χ1v) is 14.6. The number of carbonyl (C=O) groups excluding carboxylic acids is 3. The number of hydrogen-bond acceptors (Lipinski definition) is 5. The van der Waals surface area contributed by atoms with Crippen molar-refractivity contribution >= 4 is 27.7 Å². The van der Waals surface area contributed by atoms with Crippen LogP contribution in [0.25, 0.3) is 0 Å². The van der Waals surface area contributed by atoms with Crippen LogP contribution in [0, 0.1) is 0 Å². The zero-order valence-corrected chi connectivity index (χ0v) is 22.8. The summed E-state index contributed by atoms with van der Waals surface area (Å²) in [5, 5.41) is 2.94. The Bertz CT molecular complexity index is 1410. The Kier molecular flexibility index (Phi) is 9.14. The van der Waals surface area contributed by atoms with Gasteiger partial charge in [-0.1, -0.05) is 79.7 Å². The van der Waals surface area contributed by atoms with Crippen molar-refractivity contribution in [2.75, 3.05) is 13.1 Å². The van der Waals surface area contributed by atoms with Gasteiger partial charge in [-0.2, -0.15) is 0 Å². The second-order valence-corrected chi connectivity index (χ2v) is 11.3. The molecule has 0 aromatic heterocycles. The van der Waals surface area contributed by atoms with Crippen molar-refractivity contribution in [3.05, 3.63) is 102 Å².